The molecule has 0 atom stereocenters. The summed E-state index contributed by atoms with van der Waals surface area (Å²) in [6, 6.07) is 15.5. The van der Waals surface area contributed by atoms with E-state index < -0.39 is 0 Å². The van der Waals surface area contributed by atoms with Crippen LogP contribution in [0.25, 0.3) is 10.7 Å². The van der Waals surface area contributed by atoms with Crippen molar-refractivity contribution < 1.29 is 0 Å². The van der Waals surface area contributed by atoms with Crippen LogP contribution in [0.15, 0.2) is 53.0 Å². The normalized spacial score (nSPS) is 14.3. The molecule has 5 heteroatoms. The molecule has 1 saturated carbocycles. The highest BCUT2D eigenvalue weighted by Gasteiger charge is 2.30. The highest BCUT2D eigenvalue weighted by Crippen LogP contribution is 2.41. The molecule has 0 radical (unpaired) electrons. The lowest BCUT2D eigenvalue weighted by Crippen LogP contribution is -1.99. The summed E-state index contributed by atoms with van der Waals surface area (Å²) in [5, 5.41) is 12.1. The van der Waals surface area contributed by atoms with Gasteiger partial charge < -0.3 is 0 Å². The second-order valence-electron chi connectivity index (χ2n) is 5.82. The number of thioether (sulfide) groups is 1. The molecule has 3 nitrogen and oxygen atoms in total. The Hall–Kier alpha value is -1.59. The van der Waals surface area contributed by atoms with Gasteiger partial charge in [-0.05, 0) is 42.7 Å². The number of benzene rings is 1. The van der Waals surface area contributed by atoms with Crippen LogP contribution in [0.5, 0.6) is 0 Å². The van der Waals surface area contributed by atoms with Gasteiger partial charge in [0.15, 0.2) is 11.0 Å². The van der Waals surface area contributed by atoms with E-state index in [1.54, 1.807) is 11.3 Å². The van der Waals surface area contributed by atoms with Crippen molar-refractivity contribution in [3.63, 3.8) is 0 Å². The zero-order valence-corrected chi connectivity index (χ0v) is 14.5. The van der Waals surface area contributed by atoms with E-state index in [4.69, 9.17) is 0 Å². The quantitative estimate of drug-likeness (QED) is 0.444. The molecule has 0 bridgehead atoms. The van der Waals surface area contributed by atoms with Gasteiger partial charge in [0, 0.05) is 11.8 Å². The predicted octanol–water partition coefficient (Wildman–Crippen LogP) is 5.07. The molecule has 0 amide bonds. The Labute approximate surface area is 144 Å². The van der Waals surface area contributed by atoms with Crippen molar-refractivity contribution in [3.05, 3.63) is 53.4 Å². The fourth-order valence-corrected chi connectivity index (χ4v) is 4.35. The highest BCUT2D eigenvalue weighted by molar-refractivity contribution is 7.99. The molecule has 23 heavy (non-hydrogen) atoms. The van der Waals surface area contributed by atoms with Crippen molar-refractivity contribution >= 4 is 23.1 Å². The Morgan fingerprint density at radius 3 is 2.70 bits per heavy atom. The third-order valence-corrected chi connectivity index (χ3v) is 5.90. The summed E-state index contributed by atoms with van der Waals surface area (Å²) in [7, 11) is 0. The number of hydrogen-bond donors (Lipinski definition) is 0. The fraction of sp³-hybridized carbons (Fsp3) is 0.333. The molecule has 0 aliphatic heterocycles. The van der Waals surface area contributed by atoms with Crippen molar-refractivity contribution in [1.82, 2.24) is 14.8 Å². The van der Waals surface area contributed by atoms with Crippen LogP contribution in [-0.4, -0.2) is 20.5 Å². The molecule has 0 unspecified atom stereocenters. The maximum absolute atomic E-state index is 4.46. The SMILES string of the molecule is c1ccc(CCCSc2nnc(-c3cccs3)n2C2CC2)cc1. The largest absolute Gasteiger partial charge is 0.298 e. The van der Waals surface area contributed by atoms with Gasteiger partial charge in [0.25, 0.3) is 0 Å². The van der Waals surface area contributed by atoms with E-state index in [0.717, 1.165) is 23.2 Å². The molecule has 118 valence electrons. The lowest BCUT2D eigenvalue weighted by atomic mass is 10.1. The summed E-state index contributed by atoms with van der Waals surface area (Å²) < 4.78 is 2.36. The summed E-state index contributed by atoms with van der Waals surface area (Å²) >= 11 is 3.59. The van der Waals surface area contributed by atoms with Gasteiger partial charge in [0.2, 0.25) is 0 Å². The maximum atomic E-state index is 4.46. The number of rotatable bonds is 7. The van der Waals surface area contributed by atoms with Gasteiger partial charge in [-0.1, -0.05) is 48.2 Å². The zero-order chi connectivity index (χ0) is 15.5. The van der Waals surface area contributed by atoms with E-state index in [1.165, 1.54) is 29.7 Å². The molecule has 4 rings (SSSR count). The second kappa shape index (κ2) is 6.89. The van der Waals surface area contributed by atoms with Crippen molar-refractivity contribution in [2.24, 2.45) is 0 Å². The minimum Gasteiger partial charge on any atom is -0.298 e. The summed E-state index contributed by atoms with van der Waals surface area (Å²) in [5.74, 6) is 2.14. The molecule has 2 heterocycles. The first-order chi connectivity index (χ1) is 11.4. The number of aryl methyl sites for hydroxylation is 1. The van der Waals surface area contributed by atoms with Crippen LogP contribution in [0.3, 0.4) is 0 Å². The second-order valence-corrected chi connectivity index (χ2v) is 7.83. The average molecular weight is 342 g/mol. The summed E-state index contributed by atoms with van der Waals surface area (Å²) in [6.45, 7) is 0. The number of hydrogen-bond acceptors (Lipinski definition) is 4. The van der Waals surface area contributed by atoms with E-state index in [0.29, 0.717) is 6.04 Å². The smallest absolute Gasteiger partial charge is 0.191 e. The maximum Gasteiger partial charge on any atom is 0.191 e. The molecule has 1 aliphatic rings. The summed E-state index contributed by atoms with van der Waals surface area (Å²) in [4.78, 5) is 1.22. The van der Waals surface area contributed by atoms with E-state index in [1.807, 2.05) is 11.8 Å². The van der Waals surface area contributed by atoms with Gasteiger partial charge >= 0.3 is 0 Å². The zero-order valence-electron chi connectivity index (χ0n) is 12.9. The van der Waals surface area contributed by atoms with Gasteiger partial charge in [0.05, 0.1) is 4.88 Å². The predicted molar refractivity (Wildman–Crippen MR) is 97.1 cm³/mol. The standard InChI is InChI=1S/C18H19N3S2/c1-2-6-14(7-3-1)8-4-13-23-18-20-19-17(16-9-5-12-22-16)21(18)15-10-11-15/h1-3,5-7,9,12,15H,4,8,10-11,13H2. The monoisotopic (exact) mass is 341 g/mol. The third-order valence-electron chi connectivity index (χ3n) is 4.00. The van der Waals surface area contributed by atoms with Gasteiger partial charge in [-0.3, -0.25) is 4.57 Å². The lowest BCUT2D eigenvalue weighted by Gasteiger charge is -2.07. The van der Waals surface area contributed by atoms with Crippen LogP contribution < -0.4 is 0 Å². The van der Waals surface area contributed by atoms with Crippen LogP contribution in [-0.2, 0) is 6.42 Å². The fourth-order valence-electron chi connectivity index (χ4n) is 2.70. The minimum absolute atomic E-state index is 0.610. The van der Waals surface area contributed by atoms with E-state index in [2.05, 4.69) is 62.6 Å². The Morgan fingerprint density at radius 1 is 1.09 bits per heavy atom. The molecular formula is C18H19N3S2. The molecular weight excluding hydrogens is 322 g/mol. The number of aromatic nitrogens is 3. The number of thiophene rings is 1. The van der Waals surface area contributed by atoms with Crippen molar-refractivity contribution in [3.8, 4) is 10.7 Å². The topological polar surface area (TPSA) is 30.7 Å². The van der Waals surface area contributed by atoms with Gasteiger partial charge in [-0.2, -0.15) is 0 Å². The summed E-state index contributed by atoms with van der Waals surface area (Å²) in [6.07, 6.45) is 4.81. The minimum atomic E-state index is 0.610. The summed E-state index contributed by atoms with van der Waals surface area (Å²) in [5.41, 5.74) is 1.41. The molecule has 1 fully saturated rings. The molecule has 1 aromatic carbocycles. The van der Waals surface area contributed by atoms with Crippen molar-refractivity contribution in [2.75, 3.05) is 5.75 Å². The number of nitrogens with zero attached hydrogens (tertiary/aromatic N) is 3. The molecule has 0 N–H and O–H groups in total. The third kappa shape index (κ3) is 3.51. The van der Waals surface area contributed by atoms with Crippen LogP contribution in [0.1, 0.15) is 30.9 Å². The lowest BCUT2D eigenvalue weighted by molar-refractivity contribution is 0.669. The van der Waals surface area contributed by atoms with E-state index in [-0.39, 0.29) is 0 Å². The molecule has 0 saturated heterocycles. The Balaban J connectivity index is 1.41. The van der Waals surface area contributed by atoms with Crippen LogP contribution in [0.2, 0.25) is 0 Å². The Morgan fingerprint density at radius 2 is 1.96 bits per heavy atom. The van der Waals surface area contributed by atoms with Crippen LogP contribution in [0.4, 0.5) is 0 Å². The Kier molecular flexibility index (Phi) is 4.48. The van der Waals surface area contributed by atoms with Crippen LogP contribution in [0, 0.1) is 0 Å². The first-order valence-corrected chi connectivity index (χ1v) is 9.94. The van der Waals surface area contributed by atoms with Gasteiger partial charge in [-0.25, -0.2) is 0 Å². The van der Waals surface area contributed by atoms with Gasteiger partial charge in [0.1, 0.15) is 0 Å². The van der Waals surface area contributed by atoms with Crippen molar-refractivity contribution in [1.29, 1.82) is 0 Å². The molecule has 3 aromatic rings. The van der Waals surface area contributed by atoms with Crippen LogP contribution >= 0.6 is 23.1 Å². The molecule has 0 spiro atoms. The van der Waals surface area contributed by atoms with E-state index >= 15 is 0 Å². The first-order valence-electron chi connectivity index (χ1n) is 8.07. The Bertz CT molecular complexity index is 746. The molecule has 2 aromatic heterocycles. The first kappa shape index (κ1) is 15.0. The van der Waals surface area contributed by atoms with Gasteiger partial charge in [-0.15, -0.1) is 21.5 Å². The highest BCUT2D eigenvalue weighted by atomic mass is 32.2. The molecule has 1 aliphatic carbocycles. The van der Waals surface area contributed by atoms with Crippen molar-refractivity contribution in [2.45, 2.75) is 36.9 Å². The van der Waals surface area contributed by atoms with E-state index in [9.17, 15) is 0 Å². The average Bonchev–Trinajstić information content (AvgIpc) is 3.11.